The van der Waals surface area contributed by atoms with Crippen molar-refractivity contribution in [1.82, 2.24) is 19.7 Å². The van der Waals surface area contributed by atoms with Crippen LogP contribution in [0.4, 0.5) is 5.13 Å². The van der Waals surface area contributed by atoms with Crippen LogP contribution in [-0.2, 0) is 6.54 Å². The average molecular weight is 452 g/mol. The van der Waals surface area contributed by atoms with E-state index in [-0.39, 0.29) is 18.5 Å². The molecule has 0 radical (unpaired) electrons. The SMILES string of the molecule is COc1ccc(OC)c2sc(N(Cc3ccccn3)C(=O)c3cc(C)nn3C(C)C)nc12. The van der Waals surface area contributed by atoms with Gasteiger partial charge in [0.05, 0.1) is 32.2 Å². The number of fused-ring (bicyclic) bond motifs is 1. The number of ether oxygens (including phenoxy) is 2. The molecule has 0 N–H and O–H groups in total. The Bertz CT molecular complexity index is 1210. The number of hydrogen-bond donors (Lipinski definition) is 0. The molecular formula is C23H25N5O3S. The molecule has 0 saturated carbocycles. The largest absolute Gasteiger partial charge is 0.495 e. The first-order chi connectivity index (χ1) is 15.4. The first kappa shape index (κ1) is 21.8. The summed E-state index contributed by atoms with van der Waals surface area (Å²) in [7, 11) is 3.21. The second kappa shape index (κ2) is 8.96. The molecule has 0 atom stereocenters. The number of aromatic nitrogens is 4. The Morgan fingerprint density at radius 2 is 1.91 bits per heavy atom. The summed E-state index contributed by atoms with van der Waals surface area (Å²) >= 11 is 1.38. The van der Waals surface area contributed by atoms with Crippen molar-refractivity contribution < 1.29 is 14.3 Å². The highest BCUT2D eigenvalue weighted by molar-refractivity contribution is 7.22. The van der Waals surface area contributed by atoms with E-state index < -0.39 is 0 Å². The average Bonchev–Trinajstić information content (AvgIpc) is 3.41. The molecule has 32 heavy (non-hydrogen) atoms. The van der Waals surface area contributed by atoms with Gasteiger partial charge in [-0.1, -0.05) is 17.4 Å². The summed E-state index contributed by atoms with van der Waals surface area (Å²) in [6.07, 6.45) is 1.71. The maximum absolute atomic E-state index is 13.8. The van der Waals surface area contributed by atoms with Crippen LogP contribution in [0, 0.1) is 6.92 Å². The van der Waals surface area contributed by atoms with Crippen LogP contribution in [0.15, 0.2) is 42.6 Å². The molecule has 0 aliphatic carbocycles. The van der Waals surface area contributed by atoms with Crippen LogP contribution in [0.3, 0.4) is 0 Å². The van der Waals surface area contributed by atoms with E-state index >= 15 is 0 Å². The van der Waals surface area contributed by atoms with E-state index in [9.17, 15) is 4.79 Å². The third-order valence-electron chi connectivity index (χ3n) is 4.99. The maximum Gasteiger partial charge on any atom is 0.278 e. The van der Waals surface area contributed by atoms with E-state index in [1.54, 1.807) is 30.0 Å². The molecule has 0 unspecified atom stereocenters. The number of pyridine rings is 1. The van der Waals surface area contributed by atoms with E-state index in [0.29, 0.717) is 27.8 Å². The van der Waals surface area contributed by atoms with Gasteiger partial charge in [-0.25, -0.2) is 4.98 Å². The predicted octanol–water partition coefficient (Wildman–Crippen LogP) is 4.64. The molecule has 0 saturated heterocycles. The van der Waals surface area contributed by atoms with Crippen molar-refractivity contribution >= 4 is 32.6 Å². The van der Waals surface area contributed by atoms with E-state index in [1.807, 2.05) is 57.2 Å². The number of carbonyl (C=O) groups is 1. The summed E-state index contributed by atoms with van der Waals surface area (Å²) in [5.41, 5.74) is 2.70. The van der Waals surface area contributed by atoms with E-state index in [2.05, 4.69) is 10.1 Å². The molecule has 0 spiro atoms. The fourth-order valence-corrected chi connectivity index (χ4v) is 4.55. The number of methoxy groups -OCH3 is 2. The molecule has 1 amide bonds. The minimum absolute atomic E-state index is 0.0369. The Morgan fingerprint density at radius 3 is 2.56 bits per heavy atom. The number of rotatable bonds is 7. The zero-order valence-corrected chi connectivity index (χ0v) is 19.5. The zero-order valence-electron chi connectivity index (χ0n) is 18.7. The van der Waals surface area contributed by atoms with Crippen LogP contribution in [0.1, 0.15) is 41.8 Å². The summed E-state index contributed by atoms with van der Waals surface area (Å²) in [6.45, 7) is 6.15. The number of aryl methyl sites for hydroxylation is 1. The van der Waals surface area contributed by atoms with Gasteiger partial charge in [-0.05, 0) is 51.1 Å². The van der Waals surface area contributed by atoms with Gasteiger partial charge in [-0.2, -0.15) is 5.10 Å². The third kappa shape index (κ3) is 4.03. The number of benzene rings is 1. The molecule has 3 heterocycles. The predicted molar refractivity (Wildman–Crippen MR) is 125 cm³/mol. The standard InChI is InChI=1S/C23H25N5O3S/c1-14(2)28-17(12-15(3)26-28)22(29)27(13-16-8-6-7-11-24-16)23-25-20-18(30-4)9-10-19(31-5)21(20)32-23/h6-12,14H,13H2,1-5H3. The molecule has 0 aliphatic heterocycles. The highest BCUT2D eigenvalue weighted by atomic mass is 32.1. The first-order valence-corrected chi connectivity index (χ1v) is 11.0. The van der Waals surface area contributed by atoms with Crippen molar-refractivity contribution in [1.29, 1.82) is 0 Å². The summed E-state index contributed by atoms with van der Waals surface area (Å²) in [5.74, 6) is 1.11. The molecule has 0 bridgehead atoms. The number of nitrogens with zero attached hydrogens (tertiary/aromatic N) is 5. The van der Waals surface area contributed by atoms with Crippen LogP contribution in [0.2, 0.25) is 0 Å². The highest BCUT2D eigenvalue weighted by Crippen LogP contribution is 2.40. The molecule has 3 aromatic heterocycles. The molecule has 166 valence electrons. The van der Waals surface area contributed by atoms with Gasteiger partial charge in [0.2, 0.25) is 0 Å². The number of anilines is 1. The minimum Gasteiger partial charge on any atom is -0.495 e. The smallest absolute Gasteiger partial charge is 0.278 e. The van der Waals surface area contributed by atoms with Gasteiger partial charge in [-0.3, -0.25) is 19.4 Å². The Kier molecular flexibility index (Phi) is 6.09. The van der Waals surface area contributed by atoms with Gasteiger partial charge in [-0.15, -0.1) is 0 Å². The lowest BCUT2D eigenvalue weighted by Gasteiger charge is -2.21. The highest BCUT2D eigenvalue weighted by Gasteiger charge is 2.27. The van der Waals surface area contributed by atoms with E-state index in [4.69, 9.17) is 14.5 Å². The summed E-state index contributed by atoms with van der Waals surface area (Å²) < 4.78 is 13.6. The third-order valence-corrected chi connectivity index (χ3v) is 6.08. The fraction of sp³-hybridized carbons (Fsp3) is 0.304. The lowest BCUT2D eigenvalue weighted by Crippen LogP contribution is -2.32. The van der Waals surface area contributed by atoms with Gasteiger partial charge in [0.15, 0.2) is 5.13 Å². The quantitative estimate of drug-likeness (QED) is 0.407. The summed E-state index contributed by atoms with van der Waals surface area (Å²) in [4.78, 5) is 24.6. The van der Waals surface area contributed by atoms with Crippen LogP contribution < -0.4 is 14.4 Å². The number of hydrogen-bond acceptors (Lipinski definition) is 7. The Hall–Kier alpha value is -3.46. The normalized spacial score (nSPS) is 11.2. The number of amides is 1. The number of carbonyl (C=O) groups excluding carboxylic acids is 1. The van der Waals surface area contributed by atoms with Gasteiger partial charge in [0.25, 0.3) is 5.91 Å². The molecule has 9 heteroatoms. The van der Waals surface area contributed by atoms with Crippen molar-refractivity contribution in [2.75, 3.05) is 19.1 Å². The topological polar surface area (TPSA) is 82.4 Å². The van der Waals surface area contributed by atoms with Crippen LogP contribution in [0.5, 0.6) is 11.5 Å². The van der Waals surface area contributed by atoms with Crippen LogP contribution in [0.25, 0.3) is 10.2 Å². The summed E-state index contributed by atoms with van der Waals surface area (Å²) in [6, 6.07) is 11.1. The van der Waals surface area contributed by atoms with E-state index in [1.165, 1.54) is 11.3 Å². The second-order valence-electron chi connectivity index (χ2n) is 7.57. The van der Waals surface area contributed by atoms with Gasteiger partial charge in [0.1, 0.15) is 27.4 Å². The first-order valence-electron chi connectivity index (χ1n) is 10.2. The van der Waals surface area contributed by atoms with Gasteiger partial charge in [0, 0.05) is 12.2 Å². The van der Waals surface area contributed by atoms with Crippen molar-refractivity contribution in [3.05, 3.63) is 59.7 Å². The van der Waals surface area contributed by atoms with Crippen LogP contribution in [-0.4, -0.2) is 39.9 Å². The van der Waals surface area contributed by atoms with Gasteiger partial charge < -0.3 is 9.47 Å². The number of thiazole rings is 1. The zero-order chi connectivity index (χ0) is 22.8. The van der Waals surface area contributed by atoms with Gasteiger partial charge >= 0.3 is 0 Å². The fourth-order valence-electron chi connectivity index (χ4n) is 3.48. The Labute approximate surface area is 190 Å². The molecule has 0 fully saturated rings. The molecular weight excluding hydrogens is 426 g/mol. The monoisotopic (exact) mass is 451 g/mol. The Balaban J connectivity index is 1.86. The van der Waals surface area contributed by atoms with Crippen molar-refractivity contribution in [3.63, 3.8) is 0 Å². The second-order valence-corrected chi connectivity index (χ2v) is 8.54. The lowest BCUT2D eigenvalue weighted by atomic mass is 10.2. The van der Waals surface area contributed by atoms with Crippen molar-refractivity contribution in [2.45, 2.75) is 33.4 Å². The van der Waals surface area contributed by atoms with Crippen molar-refractivity contribution in [2.24, 2.45) is 0 Å². The minimum atomic E-state index is -0.193. The maximum atomic E-state index is 13.8. The molecule has 0 aliphatic rings. The summed E-state index contributed by atoms with van der Waals surface area (Å²) in [5, 5.41) is 5.04. The molecule has 4 rings (SSSR count). The Morgan fingerprint density at radius 1 is 1.16 bits per heavy atom. The van der Waals surface area contributed by atoms with Crippen LogP contribution >= 0.6 is 11.3 Å². The molecule has 8 nitrogen and oxygen atoms in total. The van der Waals surface area contributed by atoms with Crippen molar-refractivity contribution in [3.8, 4) is 11.5 Å². The molecule has 4 aromatic rings. The lowest BCUT2D eigenvalue weighted by molar-refractivity contribution is 0.0972. The van der Waals surface area contributed by atoms with E-state index in [0.717, 1.165) is 16.1 Å². The molecule has 1 aromatic carbocycles.